The highest BCUT2D eigenvalue weighted by Crippen LogP contribution is 2.38. The fourth-order valence-corrected chi connectivity index (χ4v) is 2.86. The molecule has 0 atom stereocenters. The van der Waals surface area contributed by atoms with Gasteiger partial charge in [-0.25, -0.2) is 0 Å². The van der Waals surface area contributed by atoms with Crippen LogP contribution in [0.4, 0.5) is 0 Å². The van der Waals surface area contributed by atoms with Gasteiger partial charge in [0.05, 0.1) is 0 Å². The average molecular weight is 269 g/mol. The highest BCUT2D eigenvalue weighted by molar-refractivity contribution is 5.51. The number of ether oxygens (including phenoxy) is 2. The Bertz CT molecular complexity index is 644. The number of hydrogen-bond acceptors (Lipinski definition) is 4. The summed E-state index contributed by atoms with van der Waals surface area (Å²) in [6.07, 6.45) is 0. The number of rotatable bonds is 2. The van der Waals surface area contributed by atoms with E-state index in [1.54, 1.807) is 6.07 Å². The molecule has 0 amide bonds. The van der Waals surface area contributed by atoms with E-state index in [1.165, 1.54) is 11.1 Å². The fraction of sp³-hybridized carbons (Fsp3) is 0.250. The quantitative estimate of drug-likeness (QED) is 0.910. The summed E-state index contributed by atoms with van der Waals surface area (Å²) < 4.78 is 10.6. The van der Waals surface area contributed by atoms with E-state index in [9.17, 15) is 5.11 Å². The largest absolute Gasteiger partial charge is 0.507 e. The van der Waals surface area contributed by atoms with E-state index >= 15 is 0 Å². The second kappa shape index (κ2) is 4.42. The normalized spacial score (nSPS) is 16.4. The van der Waals surface area contributed by atoms with Gasteiger partial charge in [-0.15, -0.1) is 0 Å². The Morgan fingerprint density at radius 3 is 2.35 bits per heavy atom. The van der Waals surface area contributed by atoms with Crippen molar-refractivity contribution in [1.29, 1.82) is 0 Å². The first kappa shape index (κ1) is 11.6. The summed E-state index contributed by atoms with van der Waals surface area (Å²) in [4.78, 5) is 2.31. The lowest BCUT2D eigenvalue weighted by Gasteiger charge is -2.16. The highest BCUT2D eigenvalue weighted by Gasteiger charge is 2.22. The molecule has 0 spiro atoms. The van der Waals surface area contributed by atoms with Crippen molar-refractivity contribution in [1.82, 2.24) is 4.90 Å². The van der Waals surface area contributed by atoms with Crippen LogP contribution in [0.2, 0.25) is 0 Å². The zero-order valence-electron chi connectivity index (χ0n) is 11.0. The molecule has 2 aliphatic heterocycles. The maximum absolute atomic E-state index is 10.1. The molecule has 2 aromatic carbocycles. The molecule has 0 aromatic heterocycles. The minimum atomic E-state index is 0.230. The van der Waals surface area contributed by atoms with Crippen LogP contribution in [0.15, 0.2) is 36.4 Å². The summed E-state index contributed by atoms with van der Waals surface area (Å²) in [5, 5.41) is 10.1. The third-order valence-electron chi connectivity index (χ3n) is 3.87. The van der Waals surface area contributed by atoms with Crippen molar-refractivity contribution in [3.05, 3.63) is 53.1 Å². The average Bonchev–Trinajstić information content (AvgIpc) is 3.04. The lowest BCUT2D eigenvalue weighted by molar-refractivity contribution is 0.174. The van der Waals surface area contributed by atoms with Crippen LogP contribution < -0.4 is 9.47 Å². The van der Waals surface area contributed by atoms with Crippen molar-refractivity contribution >= 4 is 0 Å². The van der Waals surface area contributed by atoms with E-state index in [-0.39, 0.29) is 12.5 Å². The van der Waals surface area contributed by atoms with E-state index in [2.05, 4.69) is 29.2 Å². The molecule has 0 saturated heterocycles. The van der Waals surface area contributed by atoms with Crippen LogP contribution in [-0.2, 0) is 19.6 Å². The van der Waals surface area contributed by atoms with E-state index in [4.69, 9.17) is 9.47 Å². The van der Waals surface area contributed by atoms with Crippen LogP contribution in [-0.4, -0.2) is 16.8 Å². The zero-order valence-corrected chi connectivity index (χ0v) is 11.0. The second-order valence-electron chi connectivity index (χ2n) is 5.25. The molecule has 0 saturated carbocycles. The van der Waals surface area contributed by atoms with E-state index < -0.39 is 0 Å². The van der Waals surface area contributed by atoms with Gasteiger partial charge in [-0.1, -0.05) is 24.3 Å². The van der Waals surface area contributed by atoms with Crippen molar-refractivity contribution in [3.8, 4) is 17.2 Å². The molecule has 2 aromatic rings. The first-order valence-corrected chi connectivity index (χ1v) is 6.70. The minimum absolute atomic E-state index is 0.230. The van der Waals surface area contributed by atoms with Gasteiger partial charge in [0.1, 0.15) is 5.75 Å². The summed E-state index contributed by atoms with van der Waals surface area (Å²) in [6, 6.07) is 12.0. The van der Waals surface area contributed by atoms with Crippen LogP contribution in [0.5, 0.6) is 17.2 Å². The van der Waals surface area contributed by atoms with Crippen LogP contribution in [0.3, 0.4) is 0 Å². The number of phenols is 1. The summed E-state index contributed by atoms with van der Waals surface area (Å²) in [5.41, 5.74) is 3.61. The third kappa shape index (κ3) is 1.89. The molecule has 20 heavy (non-hydrogen) atoms. The Kier molecular flexibility index (Phi) is 2.57. The highest BCUT2D eigenvalue weighted by atomic mass is 16.7. The second-order valence-corrected chi connectivity index (χ2v) is 5.25. The van der Waals surface area contributed by atoms with Gasteiger partial charge in [0.25, 0.3) is 0 Å². The molecule has 0 radical (unpaired) electrons. The number of aromatic hydroxyl groups is 1. The number of fused-ring (bicyclic) bond motifs is 2. The fourth-order valence-electron chi connectivity index (χ4n) is 2.86. The van der Waals surface area contributed by atoms with E-state index in [0.717, 1.165) is 24.4 Å². The van der Waals surface area contributed by atoms with Gasteiger partial charge >= 0.3 is 0 Å². The molecule has 0 aliphatic carbocycles. The maximum Gasteiger partial charge on any atom is 0.231 e. The first-order valence-electron chi connectivity index (χ1n) is 6.70. The molecule has 1 N–H and O–H groups in total. The SMILES string of the molecule is Oc1cc2c(cc1CN1Cc3ccccc3C1)OCO2. The summed E-state index contributed by atoms with van der Waals surface area (Å²) in [6.45, 7) is 2.78. The number of nitrogens with zero attached hydrogens (tertiary/aromatic N) is 1. The number of benzene rings is 2. The smallest absolute Gasteiger partial charge is 0.231 e. The Morgan fingerprint density at radius 1 is 1.00 bits per heavy atom. The molecule has 2 aliphatic rings. The summed E-state index contributed by atoms with van der Waals surface area (Å²) in [5.74, 6) is 1.61. The lowest BCUT2D eigenvalue weighted by Crippen LogP contribution is -2.15. The Labute approximate surface area is 117 Å². The molecular formula is C16H15NO3. The van der Waals surface area contributed by atoms with Crippen molar-refractivity contribution in [2.45, 2.75) is 19.6 Å². The molecule has 0 bridgehead atoms. The van der Waals surface area contributed by atoms with Crippen molar-refractivity contribution in [2.75, 3.05) is 6.79 Å². The monoisotopic (exact) mass is 269 g/mol. The minimum Gasteiger partial charge on any atom is -0.507 e. The van der Waals surface area contributed by atoms with Gasteiger partial charge in [-0.2, -0.15) is 0 Å². The van der Waals surface area contributed by atoms with Crippen molar-refractivity contribution in [3.63, 3.8) is 0 Å². The first-order chi connectivity index (χ1) is 9.79. The van der Waals surface area contributed by atoms with E-state index in [1.807, 2.05) is 6.07 Å². The summed E-state index contributed by atoms with van der Waals surface area (Å²) in [7, 11) is 0. The molecule has 0 fully saturated rings. The molecule has 2 heterocycles. The standard InChI is InChI=1S/C16H15NO3/c18-14-6-16-15(19-10-20-16)5-13(14)9-17-7-11-3-1-2-4-12(11)8-17/h1-6,18H,7-10H2. The predicted molar refractivity (Wildman–Crippen MR) is 73.6 cm³/mol. The lowest BCUT2D eigenvalue weighted by atomic mass is 10.1. The Balaban J connectivity index is 1.56. The van der Waals surface area contributed by atoms with E-state index in [0.29, 0.717) is 12.3 Å². The number of hydrogen-bond donors (Lipinski definition) is 1. The Morgan fingerprint density at radius 2 is 1.65 bits per heavy atom. The van der Waals surface area contributed by atoms with Crippen molar-refractivity contribution < 1.29 is 14.6 Å². The zero-order chi connectivity index (χ0) is 13.5. The van der Waals surface area contributed by atoms with Crippen LogP contribution in [0.25, 0.3) is 0 Å². The van der Waals surface area contributed by atoms with Gasteiger partial charge in [0, 0.05) is 31.3 Å². The van der Waals surface area contributed by atoms with Crippen LogP contribution in [0.1, 0.15) is 16.7 Å². The molecule has 4 nitrogen and oxygen atoms in total. The predicted octanol–water partition coefficient (Wildman–Crippen LogP) is 2.64. The van der Waals surface area contributed by atoms with Crippen LogP contribution in [0, 0.1) is 0 Å². The van der Waals surface area contributed by atoms with Gasteiger partial charge in [0.2, 0.25) is 6.79 Å². The molecule has 102 valence electrons. The maximum atomic E-state index is 10.1. The number of phenolic OH excluding ortho intramolecular Hbond substituents is 1. The molecule has 4 heteroatoms. The molecule has 4 rings (SSSR count). The van der Waals surface area contributed by atoms with Gasteiger partial charge in [-0.3, -0.25) is 4.90 Å². The molecular weight excluding hydrogens is 254 g/mol. The van der Waals surface area contributed by atoms with Gasteiger partial charge in [-0.05, 0) is 17.2 Å². The third-order valence-corrected chi connectivity index (χ3v) is 3.87. The van der Waals surface area contributed by atoms with Crippen molar-refractivity contribution in [2.24, 2.45) is 0 Å². The van der Waals surface area contributed by atoms with Crippen LogP contribution >= 0.6 is 0 Å². The van der Waals surface area contributed by atoms with Gasteiger partial charge < -0.3 is 14.6 Å². The topological polar surface area (TPSA) is 41.9 Å². The molecule has 0 unspecified atom stereocenters. The summed E-state index contributed by atoms with van der Waals surface area (Å²) >= 11 is 0. The van der Waals surface area contributed by atoms with Gasteiger partial charge in [0.15, 0.2) is 11.5 Å². The Hall–Kier alpha value is -2.20.